The van der Waals surface area contributed by atoms with E-state index >= 15 is 0 Å². The molecule has 7 heteroatoms. The van der Waals surface area contributed by atoms with Crippen LogP contribution in [0, 0.1) is 5.92 Å². The number of hydrogen-bond acceptors (Lipinski definition) is 1. The standard InChI is InChI=1S/C9H12F6O/c10-7(8(11,12)9(13,14)15)5-1-3-6(16)4-2-5/h5-7,16H,1-4H2. The molecule has 0 heterocycles. The van der Waals surface area contributed by atoms with Crippen LogP contribution < -0.4 is 0 Å². The summed E-state index contributed by atoms with van der Waals surface area (Å²) in [7, 11) is 0. The molecule has 16 heavy (non-hydrogen) atoms. The Bertz CT molecular complexity index is 231. The lowest BCUT2D eigenvalue weighted by molar-refractivity contribution is -0.310. The molecule has 1 aliphatic rings. The molecule has 1 rings (SSSR count). The molecule has 1 aliphatic carbocycles. The maximum atomic E-state index is 13.1. The number of aliphatic hydroxyl groups excluding tert-OH is 1. The highest BCUT2D eigenvalue weighted by atomic mass is 19.4. The number of halogens is 6. The molecular weight excluding hydrogens is 238 g/mol. The first-order valence-electron chi connectivity index (χ1n) is 4.93. The largest absolute Gasteiger partial charge is 0.456 e. The van der Waals surface area contributed by atoms with E-state index in [2.05, 4.69) is 0 Å². The van der Waals surface area contributed by atoms with Crippen molar-refractivity contribution in [2.45, 2.75) is 50.1 Å². The van der Waals surface area contributed by atoms with Gasteiger partial charge in [-0.25, -0.2) is 4.39 Å². The zero-order chi connectivity index (χ0) is 12.6. The lowest BCUT2D eigenvalue weighted by Gasteiger charge is -2.32. The van der Waals surface area contributed by atoms with Crippen molar-refractivity contribution in [2.75, 3.05) is 0 Å². The van der Waals surface area contributed by atoms with E-state index in [9.17, 15) is 26.3 Å². The highest BCUT2D eigenvalue weighted by Crippen LogP contribution is 2.44. The molecule has 1 unspecified atom stereocenters. The highest BCUT2D eigenvalue weighted by Gasteiger charge is 2.64. The Morgan fingerprint density at radius 1 is 0.938 bits per heavy atom. The van der Waals surface area contributed by atoms with Gasteiger partial charge in [0.25, 0.3) is 0 Å². The molecule has 0 aromatic rings. The van der Waals surface area contributed by atoms with Crippen LogP contribution in [0.15, 0.2) is 0 Å². The third kappa shape index (κ3) is 2.61. The molecule has 0 bridgehead atoms. The highest BCUT2D eigenvalue weighted by molar-refractivity contribution is 4.90. The van der Waals surface area contributed by atoms with Gasteiger partial charge in [-0.3, -0.25) is 0 Å². The summed E-state index contributed by atoms with van der Waals surface area (Å²) in [5.74, 6) is -6.64. The molecule has 0 aromatic heterocycles. The molecule has 1 nitrogen and oxygen atoms in total. The molecule has 1 fully saturated rings. The van der Waals surface area contributed by atoms with E-state index in [1.807, 2.05) is 0 Å². The number of rotatable bonds is 2. The predicted molar refractivity (Wildman–Crippen MR) is 43.9 cm³/mol. The van der Waals surface area contributed by atoms with E-state index in [1.54, 1.807) is 0 Å². The summed E-state index contributed by atoms with van der Waals surface area (Å²) in [6, 6.07) is 0. The average molecular weight is 250 g/mol. The minimum absolute atomic E-state index is 0.0685. The van der Waals surface area contributed by atoms with Gasteiger partial charge in [-0.05, 0) is 31.6 Å². The van der Waals surface area contributed by atoms with Gasteiger partial charge in [-0.2, -0.15) is 22.0 Å². The maximum Gasteiger partial charge on any atom is 0.456 e. The normalized spacial score (nSPS) is 30.2. The molecule has 0 saturated heterocycles. The zero-order valence-corrected chi connectivity index (χ0v) is 8.28. The van der Waals surface area contributed by atoms with E-state index < -0.39 is 30.3 Å². The summed E-state index contributed by atoms with van der Waals surface area (Å²) >= 11 is 0. The number of alkyl halides is 6. The summed E-state index contributed by atoms with van der Waals surface area (Å²) in [5, 5.41) is 9.04. The van der Waals surface area contributed by atoms with Crippen LogP contribution in [0.25, 0.3) is 0 Å². The Kier molecular flexibility index (Phi) is 3.76. The van der Waals surface area contributed by atoms with Crippen LogP contribution in [0.2, 0.25) is 0 Å². The molecule has 1 N–H and O–H groups in total. The minimum atomic E-state index is -5.86. The molecule has 0 radical (unpaired) electrons. The van der Waals surface area contributed by atoms with Crippen molar-refractivity contribution in [3.63, 3.8) is 0 Å². The molecule has 1 atom stereocenters. The first-order chi connectivity index (χ1) is 7.16. The van der Waals surface area contributed by atoms with Gasteiger partial charge in [0.1, 0.15) is 0 Å². The predicted octanol–water partition coefficient (Wildman–Crippen LogP) is 3.07. The van der Waals surface area contributed by atoms with E-state index in [0.717, 1.165) is 0 Å². The van der Waals surface area contributed by atoms with Gasteiger partial charge in [-0.15, -0.1) is 0 Å². The Hall–Kier alpha value is -0.460. The molecule has 0 amide bonds. The van der Waals surface area contributed by atoms with Crippen LogP contribution in [0.5, 0.6) is 0 Å². The van der Waals surface area contributed by atoms with E-state index in [-0.39, 0.29) is 25.7 Å². The van der Waals surface area contributed by atoms with Crippen LogP contribution in [0.4, 0.5) is 26.3 Å². The first kappa shape index (κ1) is 13.6. The minimum Gasteiger partial charge on any atom is -0.393 e. The third-order valence-corrected chi connectivity index (χ3v) is 2.88. The van der Waals surface area contributed by atoms with Crippen molar-refractivity contribution in [3.8, 4) is 0 Å². The topological polar surface area (TPSA) is 20.2 Å². The smallest absolute Gasteiger partial charge is 0.393 e. The lowest BCUT2D eigenvalue weighted by Crippen LogP contribution is -2.49. The third-order valence-electron chi connectivity index (χ3n) is 2.88. The molecule has 0 aliphatic heterocycles. The quantitative estimate of drug-likeness (QED) is 0.747. The fourth-order valence-corrected chi connectivity index (χ4v) is 1.85. The second-order valence-corrected chi connectivity index (χ2v) is 4.09. The zero-order valence-electron chi connectivity index (χ0n) is 8.28. The van der Waals surface area contributed by atoms with E-state index in [0.29, 0.717) is 0 Å². The molecule has 0 spiro atoms. The summed E-state index contributed by atoms with van der Waals surface area (Å²) in [5.41, 5.74) is 0. The Balaban J connectivity index is 2.67. The van der Waals surface area contributed by atoms with Crippen LogP contribution >= 0.6 is 0 Å². The average Bonchev–Trinajstić information content (AvgIpc) is 2.16. The monoisotopic (exact) mass is 250 g/mol. The van der Waals surface area contributed by atoms with Crippen molar-refractivity contribution in [2.24, 2.45) is 5.92 Å². The van der Waals surface area contributed by atoms with Gasteiger partial charge in [0.15, 0.2) is 6.17 Å². The fraction of sp³-hybridized carbons (Fsp3) is 1.00. The van der Waals surface area contributed by atoms with Crippen molar-refractivity contribution in [1.29, 1.82) is 0 Å². The number of aliphatic hydroxyl groups is 1. The van der Waals surface area contributed by atoms with Gasteiger partial charge in [0.2, 0.25) is 0 Å². The van der Waals surface area contributed by atoms with E-state index in [1.165, 1.54) is 0 Å². The van der Waals surface area contributed by atoms with Crippen LogP contribution in [0.3, 0.4) is 0 Å². The second kappa shape index (κ2) is 4.43. The maximum absolute atomic E-state index is 13.1. The fourth-order valence-electron chi connectivity index (χ4n) is 1.85. The first-order valence-corrected chi connectivity index (χ1v) is 4.93. The van der Waals surface area contributed by atoms with Crippen molar-refractivity contribution in [1.82, 2.24) is 0 Å². The second-order valence-electron chi connectivity index (χ2n) is 4.09. The van der Waals surface area contributed by atoms with Gasteiger partial charge in [0.05, 0.1) is 6.10 Å². The van der Waals surface area contributed by atoms with Crippen molar-refractivity contribution >= 4 is 0 Å². The van der Waals surface area contributed by atoms with Crippen molar-refractivity contribution < 1.29 is 31.4 Å². The molecular formula is C9H12F6O. The van der Waals surface area contributed by atoms with Gasteiger partial charge in [-0.1, -0.05) is 0 Å². The summed E-state index contributed by atoms with van der Waals surface area (Å²) < 4.78 is 74.1. The van der Waals surface area contributed by atoms with Crippen LogP contribution in [-0.4, -0.2) is 29.5 Å². The Morgan fingerprint density at radius 2 is 1.38 bits per heavy atom. The summed E-state index contributed by atoms with van der Waals surface area (Å²) in [6.45, 7) is 0. The van der Waals surface area contributed by atoms with E-state index in [4.69, 9.17) is 5.11 Å². The van der Waals surface area contributed by atoms with Crippen LogP contribution in [0.1, 0.15) is 25.7 Å². The van der Waals surface area contributed by atoms with Gasteiger partial charge < -0.3 is 5.11 Å². The van der Waals surface area contributed by atoms with Gasteiger partial charge >= 0.3 is 12.1 Å². The van der Waals surface area contributed by atoms with Crippen molar-refractivity contribution in [3.05, 3.63) is 0 Å². The Labute approximate surface area is 88.4 Å². The summed E-state index contributed by atoms with van der Waals surface area (Å²) in [6.07, 6.45) is -9.95. The Morgan fingerprint density at radius 3 is 1.75 bits per heavy atom. The number of hydrogen-bond donors (Lipinski definition) is 1. The summed E-state index contributed by atoms with van der Waals surface area (Å²) in [4.78, 5) is 0. The molecule has 0 aromatic carbocycles. The lowest BCUT2D eigenvalue weighted by atomic mass is 9.82. The molecule has 1 saturated carbocycles. The van der Waals surface area contributed by atoms with Gasteiger partial charge in [0, 0.05) is 0 Å². The molecule has 96 valence electrons. The SMILES string of the molecule is OC1CCC(C(F)C(F)(F)C(F)(F)F)CC1. The van der Waals surface area contributed by atoms with Crippen LogP contribution in [-0.2, 0) is 0 Å².